The second-order valence-electron chi connectivity index (χ2n) is 5.17. The van der Waals surface area contributed by atoms with Gasteiger partial charge in [0.05, 0.1) is 6.10 Å². The van der Waals surface area contributed by atoms with Crippen LogP contribution in [0.5, 0.6) is 0 Å². The fourth-order valence-electron chi connectivity index (χ4n) is 2.51. The molecular weight excluding hydrogens is 256 g/mol. The Morgan fingerprint density at radius 1 is 1.05 bits per heavy atom. The lowest BCUT2D eigenvalue weighted by molar-refractivity contribution is 0.177. The van der Waals surface area contributed by atoms with E-state index in [1.165, 1.54) is 11.1 Å². The van der Waals surface area contributed by atoms with E-state index >= 15 is 0 Å². The second kappa shape index (κ2) is 5.77. The van der Waals surface area contributed by atoms with Gasteiger partial charge in [-0.25, -0.2) is 0 Å². The van der Waals surface area contributed by atoms with Gasteiger partial charge in [-0.1, -0.05) is 53.1 Å². The van der Waals surface area contributed by atoms with Gasteiger partial charge in [0.15, 0.2) is 0 Å². The summed E-state index contributed by atoms with van der Waals surface area (Å²) in [5.74, 6) is 0. The molecule has 0 aliphatic rings. The molecule has 100 valence electrons. The molecule has 0 amide bonds. The lowest BCUT2D eigenvalue weighted by Crippen LogP contribution is -2.04. The third-order valence-electron chi connectivity index (χ3n) is 3.38. The highest BCUT2D eigenvalue weighted by atomic mass is 35.5. The van der Waals surface area contributed by atoms with Gasteiger partial charge >= 0.3 is 0 Å². The van der Waals surface area contributed by atoms with Crippen LogP contribution in [0.15, 0.2) is 36.4 Å². The van der Waals surface area contributed by atoms with Gasteiger partial charge in [-0.3, -0.25) is 0 Å². The predicted molar refractivity (Wildman–Crippen MR) is 80.8 cm³/mol. The second-order valence-corrected chi connectivity index (χ2v) is 5.58. The summed E-state index contributed by atoms with van der Waals surface area (Å²) in [4.78, 5) is 0. The Morgan fingerprint density at radius 3 is 2.32 bits per heavy atom. The number of halogens is 1. The number of aliphatic hydroxyl groups is 1. The maximum atomic E-state index is 10.4. The number of hydrogen-bond acceptors (Lipinski definition) is 1. The molecule has 1 unspecified atom stereocenters. The van der Waals surface area contributed by atoms with Gasteiger partial charge < -0.3 is 5.11 Å². The Kier molecular flexibility index (Phi) is 4.28. The number of aryl methyl sites for hydroxylation is 2. The smallest absolute Gasteiger partial charge is 0.0833 e. The summed E-state index contributed by atoms with van der Waals surface area (Å²) in [6.45, 7) is 6.10. The van der Waals surface area contributed by atoms with Crippen molar-refractivity contribution in [2.75, 3.05) is 0 Å². The SMILES string of the molecule is Cc1cc(C)cc(CC(O)c2cccc(Cl)c2C)c1. The summed E-state index contributed by atoms with van der Waals surface area (Å²) < 4.78 is 0. The molecule has 0 radical (unpaired) electrons. The van der Waals surface area contributed by atoms with Crippen molar-refractivity contribution in [2.45, 2.75) is 33.3 Å². The highest BCUT2D eigenvalue weighted by Crippen LogP contribution is 2.27. The minimum atomic E-state index is -0.514. The van der Waals surface area contributed by atoms with Gasteiger partial charge in [0.1, 0.15) is 0 Å². The Labute approximate surface area is 119 Å². The minimum Gasteiger partial charge on any atom is -0.388 e. The van der Waals surface area contributed by atoms with Gasteiger partial charge in [-0.15, -0.1) is 0 Å². The van der Waals surface area contributed by atoms with Crippen molar-refractivity contribution in [3.05, 3.63) is 69.2 Å². The largest absolute Gasteiger partial charge is 0.388 e. The van der Waals surface area contributed by atoms with E-state index in [-0.39, 0.29) is 0 Å². The molecule has 1 atom stereocenters. The standard InChI is InChI=1S/C17H19ClO/c1-11-7-12(2)9-14(8-11)10-17(19)15-5-4-6-16(18)13(15)3/h4-9,17,19H,10H2,1-3H3. The molecule has 0 saturated heterocycles. The summed E-state index contributed by atoms with van der Waals surface area (Å²) in [7, 11) is 0. The molecule has 0 aliphatic heterocycles. The highest BCUT2D eigenvalue weighted by molar-refractivity contribution is 6.31. The number of aliphatic hydroxyl groups excluding tert-OH is 1. The van der Waals surface area contributed by atoms with Crippen LogP contribution in [-0.2, 0) is 6.42 Å². The first kappa shape index (κ1) is 14.1. The molecule has 0 spiro atoms. The molecule has 19 heavy (non-hydrogen) atoms. The van der Waals surface area contributed by atoms with Crippen molar-refractivity contribution in [3.63, 3.8) is 0 Å². The van der Waals surface area contributed by atoms with Gasteiger partial charge in [0, 0.05) is 11.4 Å². The molecule has 1 nitrogen and oxygen atoms in total. The van der Waals surface area contributed by atoms with E-state index in [1.54, 1.807) is 0 Å². The van der Waals surface area contributed by atoms with E-state index in [0.29, 0.717) is 11.4 Å². The van der Waals surface area contributed by atoms with E-state index in [2.05, 4.69) is 32.0 Å². The molecule has 2 rings (SSSR count). The van der Waals surface area contributed by atoms with Crippen molar-refractivity contribution in [3.8, 4) is 0 Å². The quantitative estimate of drug-likeness (QED) is 0.871. The molecule has 1 N–H and O–H groups in total. The van der Waals surface area contributed by atoms with Crippen LogP contribution in [0, 0.1) is 20.8 Å². The number of hydrogen-bond donors (Lipinski definition) is 1. The fourth-order valence-corrected chi connectivity index (χ4v) is 2.69. The van der Waals surface area contributed by atoms with Crippen LogP contribution >= 0.6 is 11.6 Å². The first-order valence-corrected chi connectivity index (χ1v) is 6.85. The molecule has 2 heteroatoms. The summed E-state index contributed by atoms with van der Waals surface area (Å²) in [6.07, 6.45) is 0.101. The van der Waals surface area contributed by atoms with Gasteiger partial charge in [0.25, 0.3) is 0 Å². The average Bonchev–Trinajstić information content (AvgIpc) is 2.31. The van der Waals surface area contributed by atoms with Crippen molar-refractivity contribution in [1.29, 1.82) is 0 Å². The first-order chi connectivity index (χ1) is 8.97. The molecule has 2 aromatic rings. The Hall–Kier alpha value is -1.31. The van der Waals surface area contributed by atoms with Gasteiger partial charge in [0.2, 0.25) is 0 Å². The van der Waals surface area contributed by atoms with E-state index in [9.17, 15) is 5.11 Å². The Morgan fingerprint density at radius 2 is 1.68 bits per heavy atom. The maximum Gasteiger partial charge on any atom is 0.0833 e. The minimum absolute atomic E-state index is 0.514. The van der Waals surface area contributed by atoms with Crippen LogP contribution in [0.1, 0.15) is 33.9 Å². The molecule has 0 aliphatic carbocycles. The summed E-state index contributed by atoms with van der Waals surface area (Å²) >= 11 is 6.10. The van der Waals surface area contributed by atoms with Crippen molar-refractivity contribution >= 4 is 11.6 Å². The van der Waals surface area contributed by atoms with Crippen molar-refractivity contribution < 1.29 is 5.11 Å². The topological polar surface area (TPSA) is 20.2 Å². The monoisotopic (exact) mass is 274 g/mol. The maximum absolute atomic E-state index is 10.4. The molecule has 0 heterocycles. The van der Waals surface area contributed by atoms with Crippen LogP contribution in [0.3, 0.4) is 0 Å². The predicted octanol–water partition coefficient (Wildman–Crippen LogP) is 4.54. The molecule has 2 aromatic carbocycles. The average molecular weight is 275 g/mol. The Balaban J connectivity index is 2.25. The van der Waals surface area contributed by atoms with E-state index in [0.717, 1.165) is 16.7 Å². The highest BCUT2D eigenvalue weighted by Gasteiger charge is 2.13. The Bertz CT molecular complexity index is 570. The number of benzene rings is 2. The van der Waals surface area contributed by atoms with Crippen LogP contribution in [0.4, 0.5) is 0 Å². The third kappa shape index (κ3) is 3.37. The van der Waals surface area contributed by atoms with Gasteiger partial charge in [-0.2, -0.15) is 0 Å². The summed E-state index contributed by atoms with van der Waals surface area (Å²) in [5.41, 5.74) is 5.48. The van der Waals surface area contributed by atoms with Crippen molar-refractivity contribution in [1.82, 2.24) is 0 Å². The fraction of sp³-hybridized carbons (Fsp3) is 0.294. The molecule has 0 fully saturated rings. The van der Waals surface area contributed by atoms with Crippen LogP contribution in [-0.4, -0.2) is 5.11 Å². The van der Waals surface area contributed by atoms with Crippen molar-refractivity contribution in [2.24, 2.45) is 0 Å². The molecule has 0 saturated carbocycles. The zero-order valence-electron chi connectivity index (χ0n) is 11.6. The lowest BCUT2D eigenvalue weighted by atomic mass is 9.96. The van der Waals surface area contributed by atoms with Crippen LogP contribution in [0.25, 0.3) is 0 Å². The van der Waals surface area contributed by atoms with Crippen LogP contribution < -0.4 is 0 Å². The zero-order valence-corrected chi connectivity index (χ0v) is 12.3. The summed E-state index contributed by atoms with van der Waals surface area (Å²) in [6, 6.07) is 12.1. The molecular formula is C17H19ClO. The van der Waals surface area contributed by atoms with Crippen LogP contribution in [0.2, 0.25) is 5.02 Å². The molecule has 0 aromatic heterocycles. The normalized spacial score (nSPS) is 12.5. The van der Waals surface area contributed by atoms with E-state index in [1.807, 2.05) is 25.1 Å². The van der Waals surface area contributed by atoms with E-state index in [4.69, 9.17) is 11.6 Å². The molecule has 0 bridgehead atoms. The number of rotatable bonds is 3. The van der Waals surface area contributed by atoms with Gasteiger partial charge in [-0.05, 0) is 43.5 Å². The van der Waals surface area contributed by atoms with E-state index < -0.39 is 6.10 Å². The lowest BCUT2D eigenvalue weighted by Gasteiger charge is -2.15. The third-order valence-corrected chi connectivity index (χ3v) is 3.79. The first-order valence-electron chi connectivity index (χ1n) is 6.47. The summed E-state index contributed by atoms with van der Waals surface area (Å²) in [5, 5.41) is 11.1. The zero-order chi connectivity index (χ0) is 14.0.